The first-order chi connectivity index (χ1) is 13.5. The lowest BCUT2D eigenvalue weighted by molar-refractivity contribution is -0.151. The lowest BCUT2D eigenvalue weighted by atomic mass is 9.96. The molecule has 8 nitrogen and oxygen atoms in total. The number of para-hydroxylation sites is 1. The average molecular weight is 387 g/mol. The number of piperidine rings is 1. The van der Waals surface area contributed by atoms with Crippen molar-refractivity contribution in [3.8, 4) is 0 Å². The fraction of sp³-hybridized carbons (Fsp3) is 0.500. The van der Waals surface area contributed by atoms with Gasteiger partial charge in [-0.15, -0.1) is 0 Å². The Morgan fingerprint density at radius 3 is 2.61 bits per heavy atom. The molecule has 0 radical (unpaired) electrons. The molecule has 1 aromatic carbocycles. The second-order valence-corrected chi connectivity index (χ2v) is 7.01. The number of rotatable bonds is 5. The Kier molecular flexibility index (Phi) is 6.28. The molecule has 1 saturated heterocycles. The minimum atomic E-state index is -0.763. The fourth-order valence-electron chi connectivity index (χ4n) is 3.57. The smallest absolute Gasteiger partial charge is 0.309 e. The summed E-state index contributed by atoms with van der Waals surface area (Å²) < 4.78 is 5.04. The first kappa shape index (κ1) is 19.9. The van der Waals surface area contributed by atoms with Gasteiger partial charge in [-0.25, -0.2) is 0 Å². The standard InChI is InChI=1S/C20H25N3O5/c1-2-28-20(27)13-9-11-23(12-10-13)17(24)8-7-16-19(26)21-15-6-4-3-5-14(15)18(25)22-16/h3-6,13,16H,2,7-12H2,1H3,(H,21,26)(H,22,25)/t16-/m1/s1. The molecule has 0 aliphatic carbocycles. The van der Waals surface area contributed by atoms with Gasteiger partial charge in [0.05, 0.1) is 23.8 Å². The summed E-state index contributed by atoms with van der Waals surface area (Å²) in [4.78, 5) is 50.7. The molecule has 2 N–H and O–H groups in total. The zero-order chi connectivity index (χ0) is 20.1. The summed E-state index contributed by atoms with van der Waals surface area (Å²) in [5, 5.41) is 5.43. The SMILES string of the molecule is CCOC(=O)C1CCN(C(=O)CC[C@H]2NC(=O)c3ccccc3NC2=O)CC1. The molecule has 0 saturated carbocycles. The second kappa shape index (κ2) is 8.86. The van der Waals surface area contributed by atoms with Gasteiger partial charge in [0, 0.05) is 19.5 Å². The van der Waals surface area contributed by atoms with Gasteiger partial charge in [-0.05, 0) is 38.3 Å². The lowest BCUT2D eigenvalue weighted by Gasteiger charge is -2.31. The van der Waals surface area contributed by atoms with E-state index >= 15 is 0 Å². The van der Waals surface area contributed by atoms with Crippen molar-refractivity contribution in [1.29, 1.82) is 0 Å². The van der Waals surface area contributed by atoms with Crippen LogP contribution in [0.1, 0.15) is 43.0 Å². The topological polar surface area (TPSA) is 105 Å². The first-order valence-corrected chi connectivity index (χ1v) is 9.64. The number of benzene rings is 1. The summed E-state index contributed by atoms with van der Waals surface area (Å²) in [5.74, 6) is -1.10. The quantitative estimate of drug-likeness (QED) is 0.742. The van der Waals surface area contributed by atoms with Crippen molar-refractivity contribution < 1.29 is 23.9 Å². The van der Waals surface area contributed by atoms with Gasteiger partial charge in [0.1, 0.15) is 6.04 Å². The summed E-state index contributed by atoms with van der Waals surface area (Å²) in [7, 11) is 0. The van der Waals surface area contributed by atoms with Crippen LogP contribution in [0, 0.1) is 5.92 Å². The third kappa shape index (κ3) is 4.49. The van der Waals surface area contributed by atoms with Crippen molar-refractivity contribution in [1.82, 2.24) is 10.2 Å². The molecular formula is C20H25N3O5. The van der Waals surface area contributed by atoms with Crippen LogP contribution in [0.15, 0.2) is 24.3 Å². The van der Waals surface area contributed by atoms with Gasteiger partial charge in [-0.1, -0.05) is 12.1 Å². The maximum atomic E-state index is 12.5. The van der Waals surface area contributed by atoms with Crippen LogP contribution in [0.4, 0.5) is 5.69 Å². The number of fused-ring (bicyclic) bond motifs is 1. The summed E-state index contributed by atoms with van der Waals surface area (Å²) >= 11 is 0. The zero-order valence-electron chi connectivity index (χ0n) is 15.9. The van der Waals surface area contributed by atoms with Crippen LogP contribution < -0.4 is 10.6 Å². The predicted molar refractivity (Wildman–Crippen MR) is 101 cm³/mol. The average Bonchev–Trinajstić information content (AvgIpc) is 2.82. The molecule has 28 heavy (non-hydrogen) atoms. The predicted octanol–water partition coefficient (Wildman–Crippen LogP) is 1.32. The van der Waals surface area contributed by atoms with E-state index in [1.54, 1.807) is 36.1 Å². The van der Waals surface area contributed by atoms with Crippen LogP contribution in [-0.4, -0.2) is 54.3 Å². The molecule has 1 aromatic rings. The van der Waals surface area contributed by atoms with Crippen LogP contribution in [-0.2, 0) is 19.1 Å². The van der Waals surface area contributed by atoms with Crippen LogP contribution >= 0.6 is 0 Å². The van der Waals surface area contributed by atoms with E-state index in [4.69, 9.17) is 4.74 Å². The molecule has 2 aliphatic heterocycles. The Bertz CT molecular complexity index is 771. The van der Waals surface area contributed by atoms with Crippen LogP contribution in [0.5, 0.6) is 0 Å². The summed E-state index contributed by atoms with van der Waals surface area (Å²) in [5.41, 5.74) is 0.880. The van der Waals surface area contributed by atoms with Crippen molar-refractivity contribution in [2.75, 3.05) is 25.0 Å². The number of anilines is 1. The van der Waals surface area contributed by atoms with Crippen molar-refractivity contribution in [2.24, 2.45) is 5.92 Å². The van der Waals surface area contributed by atoms with Gasteiger partial charge in [0.25, 0.3) is 5.91 Å². The highest BCUT2D eigenvalue weighted by molar-refractivity contribution is 6.09. The third-order valence-corrected chi connectivity index (χ3v) is 5.17. The van der Waals surface area contributed by atoms with Gasteiger partial charge in [-0.3, -0.25) is 19.2 Å². The van der Waals surface area contributed by atoms with Crippen molar-refractivity contribution in [3.05, 3.63) is 29.8 Å². The lowest BCUT2D eigenvalue weighted by Crippen LogP contribution is -2.44. The maximum absolute atomic E-state index is 12.5. The minimum Gasteiger partial charge on any atom is -0.466 e. The molecular weight excluding hydrogens is 362 g/mol. The number of likely N-dealkylation sites (tertiary alicyclic amines) is 1. The molecule has 3 rings (SSSR count). The van der Waals surface area contributed by atoms with E-state index in [0.717, 1.165) is 0 Å². The highest BCUT2D eigenvalue weighted by atomic mass is 16.5. The molecule has 0 bridgehead atoms. The largest absolute Gasteiger partial charge is 0.466 e. The van der Waals surface area contributed by atoms with Crippen LogP contribution in [0.25, 0.3) is 0 Å². The Morgan fingerprint density at radius 1 is 1.18 bits per heavy atom. The summed E-state index contributed by atoms with van der Waals surface area (Å²) in [6.45, 7) is 3.13. The third-order valence-electron chi connectivity index (χ3n) is 5.17. The van der Waals surface area contributed by atoms with Crippen molar-refractivity contribution in [3.63, 3.8) is 0 Å². The van der Waals surface area contributed by atoms with E-state index in [1.807, 2.05) is 0 Å². The molecule has 3 amide bonds. The molecule has 8 heteroatoms. The number of nitrogens with zero attached hydrogens (tertiary/aromatic N) is 1. The normalized spacial score (nSPS) is 19.9. The number of carbonyl (C=O) groups is 4. The number of esters is 1. The van der Waals surface area contributed by atoms with Gasteiger partial charge in [0.15, 0.2) is 0 Å². The Morgan fingerprint density at radius 2 is 1.89 bits per heavy atom. The molecule has 1 atom stereocenters. The molecule has 0 spiro atoms. The Balaban J connectivity index is 1.51. The number of hydrogen-bond donors (Lipinski definition) is 2. The number of hydrogen-bond acceptors (Lipinski definition) is 5. The maximum Gasteiger partial charge on any atom is 0.309 e. The molecule has 0 unspecified atom stereocenters. The number of amides is 3. The van der Waals surface area contributed by atoms with Crippen molar-refractivity contribution >= 4 is 29.4 Å². The Labute approximate surface area is 163 Å². The fourth-order valence-corrected chi connectivity index (χ4v) is 3.57. The van der Waals surface area contributed by atoms with Gasteiger partial charge < -0.3 is 20.3 Å². The molecule has 2 heterocycles. The monoisotopic (exact) mass is 387 g/mol. The van der Waals surface area contributed by atoms with E-state index in [0.29, 0.717) is 43.8 Å². The van der Waals surface area contributed by atoms with Crippen LogP contribution in [0.2, 0.25) is 0 Å². The van der Waals surface area contributed by atoms with Gasteiger partial charge in [-0.2, -0.15) is 0 Å². The van der Waals surface area contributed by atoms with E-state index < -0.39 is 6.04 Å². The number of nitrogens with one attached hydrogen (secondary N) is 2. The summed E-state index contributed by atoms with van der Waals surface area (Å²) in [6.07, 6.45) is 1.54. The Hall–Kier alpha value is -2.90. The second-order valence-electron chi connectivity index (χ2n) is 7.01. The highest BCUT2D eigenvalue weighted by Gasteiger charge is 2.31. The summed E-state index contributed by atoms with van der Waals surface area (Å²) in [6, 6.07) is 6.03. The van der Waals surface area contributed by atoms with Crippen LogP contribution in [0.3, 0.4) is 0 Å². The zero-order valence-corrected chi connectivity index (χ0v) is 15.9. The number of carbonyl (C=O) groups excluding carboxylic acids is 4. The van der Waals surface area contributed by atoms with E-state index in [9.17, 15) is 19.2 Å². The van der Waals surface area contributed by atoms with Crippen molar-refractivity contribution in [2.45, 2.75) is 38.6 Å². The number of ether oxygens (including phenoxy) is 1. The van der Waals surface area contributed by atoms with E-state index in [2.05, 4.69) is 10.6 Å². The van der Waals surface area contributed by atoms with Gasteiger partial charge in [0.2, 0.25) is 11.8 Å². The molecule has 150 valence electrons. The highest BCUT2D eigenvalue weighted by Crippen LogP contribution is 2.21. The first-order valence-electron chi connectivity index (χ1n) is 9.64. The molecule has 1 fully saturated rings. The molecule has 2 aliphatic rings. The minimum absolute atomic E-state index is 0.0777. The van der Waals surface area contributed by atoms with E-state index in [1.165, 1.54) is 0 Å². The molecule has 0 aromatic heterocycles. The van der Waals surface area contributed by atoms with E-state index in [-0.39, 0.29) is 42.5 Å². The van der Waals surface area contributed by atoms with Gasteiger partial charge >= 0.3 is 5.97 Å².